The van der Waals surface area contributed by atoms with Crippen LogP contribution in [0.25, 0.3) is 5.69 Å². The number of amides is 2. The molecule has 0 saturated heterocycles. The zero-order valence-electron chi connectivity index (χ0n) is 15.5. The van der Waals surface area contributed by atoms with Crippen LogP contribution in [0, 0.1) is 13.8 Å². The van der Waals surface area contributed by atoms with Crippen molar-refractivity contribution in [2.75, 3.05) is 12.4 Å². The molecule has 0 fully saturated rings. The van der Waals surface area contributed by atoms with E-state index in [1.54, 1.807) is 7.11 Å². The molecule has 6 heteroatoms. The fourth-order valence-corrected chi connectivity index (χ4v) is 3.29. The lowest BCUT2D eigenvalue weighted by molar-refractivity contribution is 0.251. The second-order valence-electron chi connectivity index (χ2n) is 6.24. The lowest BCUT2D eigenvalue weighted by Crippen LogP contribution is -2.28. The number of anilines is 1. The Morgan fingerprint density at radius 1 is 1.07 bits per heavy atom. The van der Waals surface area contributed by atoms with Gasteiger partial charge in [0.2, 0.25) is 0 Å². The average Bonchev–Trinajstić information content (AvgIpc) is 2.95. The zero-order chi connectivity index (χ0) is 19.4. The van der Waals surface area contributed by atoms with E-state index in [4.69, 9.17) is 4.74 Å². The second-order valence-corrected chi connectivity index (χ2v) is 7.16. The Bertz CT molecular complexity index is 931. The Morgan fingerprint density at radius 2 is 1.74 bits per heavy atom. The minimum atomic E-state index is -0.230. The minimum absolute atomic E-state index is 0.230. The number of urea groups is 1. The van der Waals surface area contributed by atoms with Crippen molar-refractivity contribution in [1.82, 2.24) is 9.88 Å². The Labute approximate surface area is 167 Å². The number of methoxy groups -OCH3 is 1. The number of halogens is 1. The number of carbonyl (C=O) groups excluding carboxylic acids is 1. The maximum Gasteiger partial charge on any atom is 0.319 e. The molecule has 140 valence electrons. The molecule has 0 atom stereocenters. The molecule has 0 saturated carbocycles. The highest BCUT2D eigenvalue weighted by molar-refractivity contribution is 9.10. The summed E-state index contributed by atoms with van der Waals surface area (Å²) in [5, 5.41) is 5.75. The quantitative estimate of drug-likeness (QED) is 0.588. The third-order valence-corrected chi connectivity index (χ3v) is 4.94. The molecule has 5 nitrogen and oxygen atoms in total. The molecule has 0 aliphatic heterocycles. The van der Waals surface area contributed by atoms with E-state index in [1.165, 1.54) is 0 Å². The fourth-order valence-electron chi connectivity index (χ4n) is 3.02. The van der Waals surface area contributed by atoms with E-state index in [1.807, 2.05) is 48.5 Å². The summed E-state index contributed by atoms with van der Waals surface area (Å²) in [7, 11) is 1.66. The van der Waals surface area contributed by atoms with Crippen LogP contribution in [-0.4, -0.2) is 17.7 Å². The summed E-state index contributed by atoms with van der Waals surface area (Å²) in [6, 6.07) is 17.3. The lowest BCUT2D eigenvalue weighted by Gasteiger charge is -2.11. The summed E-state index contributed by atoms with van der Waals surface area (Å²) in [5.74, 6) is 0.827. The topological polar surface area (TPSA) is 55.3 Å². The molecule has 0 spiro atoms. The number of hydrogen-bond acceptors (Lipinski definition) is 2. The normalized spacial score (nSPS) is 10.5. The third-order valence-electron chi connectivity index (χ3n) is 4.41. The van der Waals surface area contributed by atoms with Crippen LogP contribution < -0.4 is 15.4 Å². The Morgan fingerprint density at radius 3 is 2.37 bits per heavy atom. The van der Waals surface area contributed by atoms with Crippen LogP contribution in [0.15, 0.2) is 59.1 Å². The highest BCUT2D eigenvalue weighted by atomic mass is 79.9. The molecule has 2 amide bonds. The Kier molecular flexibility index (Phi) is 5.86. The van der Waals surface area contributed by atoms with Gasteiger partial charge in [-0.25, -0.2) is 4.79 Å². The zero-order valence-corrected chi connectivity index (χ0v) is 17.1. The van der Waals surface area contributed by atoms with Crippen LogP contribution >= 0.6 is 15.9 Å². The van der Waals surface area contributed by atoms with Gasteiger partial charge in [-0.3, -0.25) is 0 Å². The summed E-state index contributed by atoms with van der Waals surface area (Å²) in [6.45, 7) is 4.57. The fraction of sp³-hybridized carbons (Fsp3) is 0.190. The first-order valence-corrected chi connectivity index (χ1v) is 9.40. The predicted molar refractivity (Wildman–Crippen MR) is 112 cm³/mol. The number of hydrogen-bond donors (Lipinski definition) is 2. The average molecular weight is 428 g/mol. The van der Waals surface area contributed by atoms with Crippen molar-refractivity contribution in [2.24, 2.45) is 0 Å². The lowest BCUT2D eigenvalue weighted by atomic mass is 10.2. The van der Waals surface area contributed by atoms with Crippen molar-refractivity contribution < 1.29 is 9.53 Å². The van der Waals surface area contributed by atoms with Crippen LogP contribution in [0.2, 0.25) is 0 Å². The Hall–Kier alpha value is -2.73. The smallest absolute Gasteiger partial charge is 0.319 e. The van der Waals surface area contributed by atoms with E-state index in [-0.39, 0.29) is 6.03 Å². The van der Waals surface area contributed by atoms with Gasteiger partial charge in [0.15, 0.2) is 0 Å². The van der Waals surface area contributed by atoms with E-state index >= 15 is 0 Å². The summed E-state index contributed by atoms with van der Waals surface area (Å²) in [5.41, 5.74) is 5.11. The van der Waals surface area contributed by atoms with Crippen LogP contribution in [0.3, 0.4) is 0 Å². The third kappa shape index (κ3) is 4.52. The van der Waals surface area contributed by atoms with Crippen molar-refractivity contribution in [3.05, 3.63) is 76.0 Å². The highest BCUT2D eigenvalue weighted by Gasteiger charge is 2.12. The van der Waals surface area contributed by atoms with Gasteiger partial charge >= 0.3 is 6.03 Å². The van der Waals surface area contributed by atoms with Gasteiger partial charge in [-0.15, -0.1) is 0 Å². The van der Waals surface area contributed by atoms with Gasteiger partial charge in [0.05, 0.1) is 7.11 Å². The molecule has 0 bridgehead atoms. The first-order chi connectivity index (χ1) is 13.0. The SMILES string of the molecule is COc1ccc(-n2c(C)cc(CNC(=O)Nc3ccc(Br)cc3)c2C)cc1. The largest absolute Gasteiger partial charge is 0.497 e. The van der Waals surface area contributed by atoms with Crippen molar-refractivity contribution in [1.29, 1.82) is 0 Å². The molecule has 27 heavy (non-hydrogen) atoms. The van der Waals surface area contributed by atoms with Gasteiger partial charge in [-0.1, -0.05) is 15.9 Å². The summed E-state index contributed by atoms with van der Waals surface area (Å²) in [4.78, 5) is 12.2. The number of aryl methyl sites for hydroxylation is 1. The molecule has 0 radical (unpaired) electrons. The first kappa shape index (κ1) is 19.0. The molecule has 0 aliphatic rings. The van der Waals surface area contributed by atoms with Gasteiger partial charge in [-0.2, -0.15) is 0 Å². The maximum atomic E-state index is 12.2. The minimum Gasteiger partial charge on any atom is -0.497 e. The number of rotatable bonds is 5. The van der Waals surface area contributed by atoms with Gasteiger partial charge < -0.3 is 19.9 Å². The van der Waals surface area contributed by atoms with Crippen molar-refractivity contribution in [3.8, 4) is 11.4 Å². The molecule has 3 aromatic rings. The standard InChI is InChI=1S/C21H22BrN3O2/c1-14-12-16(13-23-21(26)24-18-6-4-17(22)5-7-18)15(2)25(14)19-8-10-20(27-3)11-9-19/h4-12H,13H2,1-3H3,(H2,23,24,26). The number of ether oxygens (including phenoxy) is 1. The molecule has 0 aliphatic carbocycles. The van der Waals surface area contributed by atoms with E-state index in [9.17, 15) is 4.79 Å². The summed E-state index contributed by atoms with van der Waals surface area (Å²) in [6.07, 6.45) is 0. The number of benzene rings is 2. The van der Waals surface area contributed by atoms with Gasteiger partial charge in [0, 0.05) is 33.8 Å². The monoisotopic (exact) mass is 427 g/mol. The van der Waals surface area contributed by atoms with E-state index in [2.05, 4.69) is 51.0 Å². The molecule has 2 aromatic carbocycles. The molecule has 1 heterocycles. The highest BCUT2D eigenvalue weighted by Crippen LogP contribution is 2.23. The number of nitrogens with one attached hydrogen (secondary N) is 2. The summed E-state index contributed by atoms with van der Waals surface area (Å²) < 4.78 is 8.37. The van der Waals surface area contributed by atoms with E-state index in [0.29, 0.717) is 6.54 Å². The van der Waals surface area contributed by atoms with Gasteiger partial charge in [0.1, 0.15) is 5.75 Å². The molecule has 1 aromatic heterocycles. The van der Waals surface area contributed by atoms with Gasteiger partial charge in [0.25, 0.3) is 0 Å². The van der Waals surface area contributed by atoms with Crippen LogP contribution in [-0.2, 0) is 6.54 Å². The second kappa shape index (κ2) is 8.31. The van der Waals surface area contributed by atoms with Crippen LogP contribution in [0.1, 0.15) is 17.0 Å². The number of nitrogens with zero attached hydrogens (tertiary/aromatic N) is 1. The molecule has 0 unspecified atom stereocenters. The molecule has 2 N–H and O–H groups in total. The van der Waals surface area contributed by atoms with Crippen molar-refractivity contribution in [3.63, 3.8) is 0 Å². The molecular formula is C21H22BrN3O2. The van der Waals surface area contributed by atoms with Crippen molar-refractivity contribution >= 4 is 27.6 Å². The van der Waals surface area contributed by atoms with Crippen LogP contribution in [0.4, 0.5) is 10.5 Å². The first-order valence-electron chi connectivity index (χ1n) is 8.60. The van der Waals surface area contributed by atoms with Crippen LogP contribution in [0.5, 0.6) is 5.75 Å². The Balaban J connectivity index is 1.68. The molecular weight excluding hydrogens is 406 g/mol. The maximum absolute atomic E-state index is 12.2. The van der Waals surface area contributed by atoms with Gasteiger partial charge in [-0.05, 0) is 74.0 Å². The van der Waals surface area contributed by atoms with Crippen molar-refractivity contribution in [2.45, 2.75) is 20.4 Å². The molecule has 3 rings (SSSR count). The number of aromatic nitrogens is 1. The van der Waals surface area contributed by atoms with E-state index < -0.39 is 0 Å². The number of carbonyl (C=O) groups is 1. The summed E-state index contributed by atoms with van der Waals surface area (Å²) >= 11 is 3.38. The predicted octanol–water partition coefficient (Wildman–Crippen LogP) is 5.19. The van der Waals surface area contributed by atoms with E-state index in [0.717, 1.165) is 38.5 Å².